The highest BCUT2D eigenvalue weighted by Crippen LogP contribution is 2.04. The largest absolute Gasteiger partial charge is 0.402 e. The Morgan fingerprint density at radius 2 is 2.14 bits per heavy atom. The van der Waals surface area contributed by atoms with E-state index in [9.17, 15) is 0 Å². The molecule has 0 N–H and O–H groups in total. The molecule has 1 nitrogen and oxygen atoms in total. The Kier molecular flexibility index (Phi) is 7.12. The first-order valence-electron chi connectivity index (χ1n) is 2.17. The molecule has 0 aromatic rings. The lowest BCUT2D eigenvalue weighted by atomic mass is 10.5. The molecule has 0 aliphatic carbocycles. The summed E-state index contributed by atoms with van der Waals surface area (Å²) in [7, 11) is 0. The summed E-state index contributed by atoms with van der Waals surface area (Å²) >= 11 is 4.74. The zero-order valence-corrected chi connectivity index (χ0v) is 9.63. The highest BCUT2D eigenvalue weighted by Gasteiger charge is 1.95. The van der Waals surface area contributed by atoms with Crippen LogP contribution in [0.15, 0.2) is 0 Å². The number of hydrogen-bond acceptors (Lipinski definition) is 1. The quantitative estimate of drug-likeness (QED) is 0.433. The maximum Gasteiger partial charge on any atom is 0.309 e. The summed E-state index contributed by atoms with van der Waals surface area (Å²) in [6.45, 7) is 3.08. The first-order valence-corrected chi connectivity index (χ1v) is 11.0. The van der Waals surface area contributed by atoms with Crippen molar-refractivity contribution in [2.24, 2.45) is 0 Å². The van der Waals surface area contributed by atoms with Gasteiger partial charge in [-0.15, -0.1) is 0 Å². The maximum atomic E-state index is 5.30. The highest BCUT2D eigenvalue weighted by molar-refractivity contribution is 14.3. The second-order valence-electron chi connectivity index (χ2n) is 1.13. The van der Waals surface area contributed by atoms with Gasteiger partial charge in [-0.05, 0) is 6.42 Å². The number of hydrogen-bond donors (Lipinski definition) is 0. The molecule has 44 valence electrons. The average molecular weight is 342 g/mol. The molecule has 0 saturated carbocycles. The summed E-state index contributed by atoms with van der Waals surface area (Å²) in [6, 6.07) is 0. The van der Waals surface area contributed by atoms with Gasteiger partial charge in [0.1, 0.15) is 0 Å². The van der Waals surface area contributed by atoms with Crippen LogP contribution in [0.3, 0.4) is 0 Å². The third-order valence-corrected chi connectivity index (χ3v) is 3.09. The molecule has 0 saturated heterocycles. The molecule has 0 aromatic heterocycles. The minimum Gasteiger partial charge on any atom is -0.402 e. The zero-order chi connectivity index (χ0) is 5.70. The predicted molar refractivity (Wildman–Crippen MR) is 51.4 cm³/mol. The van der Waals surface area contributed by atoms with Crippen LogP contribution in [0.1, 0.15) is 13.3 Å². The van der Waals surface area contributed by atoms with Crippen molar-refractivity contribution < 1.29 is 4.43 Å². The Bertz CT molecular complexity index is 41.9. The van der Waals surface area contributed by atoms with Crippen LogP contribution >= 0.6 is 43.6 Å². The molecule has 0 aliphatic heterocycles. The first kappa shape index (κ1) is 8.64. The Labute approximate surface area is 71.4 Å². The van der Waals surface area contributed by atoms with E-state index in [-0.39, 0.29) is 0 Å². The van der Waals surface area contributed by atoms with Crippen molar-refractivity contribution in [2.45, 2.75) is 13.3 Å². The normalized spacial score (nSPS) is 10.3. The van der Waals surface area contributed by atoms with Crippen molar-refractivity contribution in [1.82, 2.24) is 0 Å². The molecule has 0 aliphatic rings. The molecule has 0 radical (unpaired) electrons. The van der Waals surface area contributed by atoms with E-state index >= 15 is 0 Å². The van der Waals surface area contributed by atoms with E-state index in [1.165, 1.54) is 0 Å². The second-order valence-corrected chi connectivity index (χ2v) is 15.9. The molecule has 0 rings (SSSR count). The Hall–Kier alpha value is 1.64. The van der Waals surface area contributed by atoms with Crippen LogP contribution in [0.25, 0.3) is 0 Å². The van der Waals surface area contributed by atoms with E-state index < -0.39 is 4.03 Å². The lowest BCUT2D eigenvalue weighted by Crippen LogP contribution is -1.99. The number of halogens is 2. The van der Waals surface area contributed by atoms with Crippen LogP contribution < -0.4 is 0 Å². The summed E-state index contributed by atoms with van der Waals surface area (Å²) < 4.78 is 4.56. The van der Waals surface area contributed by atoms with Gasteiger partial charge in [0.05, 0.1) is 0 Å². The van der Waals surface area contributed by atoms with Crippen LogP contribution in [0, 0.1) is 0 Å². The van der Waals surface area contributed by atoms with E-state index in [0.717, 1.165) is 13.0 Å². The van der Waals surface area contributed by atoms with Crippen LogP contribution in [0.2, 0.25) is 0 Å². The molecular weight excluding hydrogens is 334 g/mol. The summed E-state index contributed by atoms with van der Waals surface area (Å²) in [4.78, 5) is 0. The monoisotopic (exact) mass is 342 g/mol. The topological polar surface area (TPSA) is 9.23 Å². The summed E-state index contributed by atoms with van der Waals surface area (Å²) in [6.07, 6.45) is 1.15. The Balaban J connectivity index is 2.68. The third kappa shape index (κ3) is 7.64. The molecule has 0 amide bonds. The molecule has 7 heavy (non-hydrogen) atoms. The van der Waals surface area contributed by atoms with Crippen LogP contribution in [0.5, 0.6) is 0 Å². The van der Waals surface area contributed by atoms with Crippen LogP contribution in [-0.4, -0.2) is 10.6 Å². The van der Waals surface area contributed by atoms with Gasteiger partial charge in [-0.25, -0.2) is 0 Å². The zero-order valence-electron chi connectivity index (χ0n) is 4.16. The summed E-state index contributed by atoms with van der Waals surface area (Å²) in [5, 5.41) is 0. The van der Waals surface area contributed by atoms with Gasteiger partial charge in [0.15, 0.2) is 0 Å². The fraction of sp³-hybridized carbons (Fsp3) is 1.00. The van der Waals surface area contributed by atoms with Crippen molar-refractivity contribution in [3.63, 3.8) is 0 Å². The van der Waals surface area contributed by atoms with Crippen molar-refractivity contribution in [3.8, 4) is 0 Å². The molecule has 0 spiro atoms. The van der Waals surface area contributed by atoms with E-state index in [1.807, 2.05) is 0 Å². The molecule has 0 unspecified atom stereocenters. The standard InChI is InChI=1S/C3H8I2OSi/c1-2-3-6-7(4)5/h7H,2-3H2,1H3. The molecule has 0 heterocycles. The van der Waals surface area contributed by atoms with Crippen molar-refractivity contribution in [2.75, 3.05) is 6.61 Å². The Morgan fingerprint density at radius 3 is 2.29 bits per heavy atom. The Morgan fingerprint density at radius 1 is 1.57 bits per heavy atom. The summed E-state index contributed by atoms with van der Waals surface area (Å²) in [5.74, 6) is 0. The summed E-state index contributed by atoms with van der Waals surface area (Å²) in [5.41, 5.74) is 0. The fourth-order valence-corrected chi connectivity index (χ4v) is 2.15. The minimum atomic E-state index is -0.748. The van der Waals surface area contributed by atoms with E-state index in [2.05, 4.69) is 50.5 Å². The molecule has 0 fully saturated rings. The average Bonchev–Trinajstić information content (AvgIpc) is 1.61. The molecule has 0 bridgehead atoms. The van der Waals surface area contributed by atoms with E-state index in [1.54, 1.807) is 0 Å². The van der Waals surface area contributed by atoms with E-state index in [4.69, 9.17) is 4.43 Å². The van der Waals surface area contributed by atoms with Gasteiger partial charge in [0.25, 0.3) is 0 Å². The fourth-order valence-electron chi connectivity index (χ4n) is 0.207. The lowest BCUT2D eigenvalue weighted by Gasteiger charge is -1.98. The van der Waals surface area contributed by atoms with Gasteiger partial charge in [-0.1, -0.05) is 50.5 Å². The van der Waals surface area contributed by atoms with Crippen LogP contribution in [0.4, 0.5) is 0 Å². The smallest absolute Gasteiger partial charge is 0.309 e. The van der Waals surface area contributed by atoms with Crippen LogP contribution in [-0.2, 0) is 4.43 Å². The minimum absolute atomic E-state index is 0.748. The first-order chi connectivity index (χ1) is 3.27. The lowest BCUT2D eigenvalue weighted by molar-refractivity contribution is 0.345. The molecule has 4 heteroatoms. The third-order valence-electron chi connectivity index (χ3n) is 0.448. The number of rotatable bonds is 3. The van der Waals surface area contributed by atoms with Gasteiger partial charge in [0, 0.05) is 6.61 Å². The molecule has 0 aromatic carbocycles. The molecular formula is C3H8I2OSi. The van der Waals surface area contributed by atoms with Gasteiger partial charge < -0.3 is 4.43 Å². The van der Waals surface area contributed by atoms with Crippen molar-refractivity contribution >= 4 is 47.6 Å². The van der Waals surface area contributed by atoms with Gasteiger partial charge >= 0.3 is 4.03 Å². The van der Waals surface area contributed by atoms with Gasteiger partial charge in [0.2, 0.25) is 0 Å². The second kappa shape index (κ2) is 5.77. The van der Waals surface area contributed by atoms with Crippen molar-refractivity contribution in [1.29, 1.82) is 0 Å². The van der Waals surface area contributed by atoms with Gasteiger partial charge in [-0.3, -0.25) is 0 Å². The maximum absolute atomic E-state index is 5.30. The van der Waals surface area contributed by atoms with Crippen molar-refractivity contribution in [3.05, 3.63) is 0 Å². The SMILES string of the molecule is CCCO[SiH](I)I. The predicted octanol–water partition coefficient (Wildman–Crippen LogP) is 2.00. The van der Waals surface area contributed by atoms with E-state index in [0.29, 0.717) is 0 Å². The van der Waals surface area contributed by atoms with Gasteiger partial charge in [-0.2, -0.15) is 0 Å². The highest BCUT2D eigenvalue weighted by atomic mass is 127. The molecule has 0 atom stereocenters.